The van der Waals surface area contributed by atoms with Crippen LogP contribution in [-0.4, -0.2) is 57.9 Å². The first-order valence-electron chi connectivity index (χ1n) is 11.9. The van der Waals surface area contributed by atoms with E-state index in [1.807, 2.05) is 12.1 Å². The summed E-state index contributed by atoms with van der Waals surface area (Å²) in [6.07, 6.45) is -1.25. The molecule has 3 atom stereocenters. The zero-order valence-corrected chi connectivity index (χ0v) is 20.9. The van der Waals surface area contributed by atoms with E-state index < -0.39 is 17.8 Å². The Morgan fingerprint density at radius 3 is 2.36 bits per heavy atom. The highest BCUT2D eigenvalue weighted by molar-refractivity contribution is 5.89. The second kappa shape index (κ2) is 10.1. The van der Waals surface area contributed by atoms with E-state index in [0.717, 1.165) is 38.3 Å². The summed E-state index contributed by atoms with van der Waals surface area (Å²) in [5, 5.41) is 5.51. The molecular weight excluding hydrogens is 475 g/mol. The average molecular weight is 508 g/mol. The lowest BCUT2D eigenvalue weighted by molar-refractivity contribution is -0.138. The van der Waals surface area contributed by atoms with Gasteiger partial charge in [0.05, 0.1) is 26.9 Å². The Bertz CT molecular complexity index is 1110. The molecule has 0 bridgehead atoms. The molecule has 196 valence electrons. The maximum Gasteiger partial charge on any atom is 0.420 e. The molecule has 0 spiro atoms. The number of fused-ring (bicyclic) bond motifs is 1. The molecular formula is C26H32F3N3O4. The van der Waals surface area contributed by atoms with E-state index in [4.69, 9.17) is 14.2 Å². The summed E-state index contributed by atoms with van der Waals surface area (Å²) in [7, 11) is 6.50. The van der Waals surface area contributed by atoms with Crippen LogP contribution in [0.2, 0.25) is 0 Å². The minimum atomic E-state index is -4.59. The number of nitrogens with zero attached hydrogens (tertiary/aromatic N) is 1. The lowest BCUT2D eigenvalue weighted by atomic mass is 9.65. The van der Waals surface area contributed by atoms with Crippen LogP contribution in [0.3, 0.4) is 0 Å². The number of alkyl halides is 3. The van der Waals surface area contributed by atoms with Crippen LogP contribution in [0.15, 0.2) is 36.4 Å². The fourth-order valence-corrected chi connectivity index (χ4v) is 5.75. The van der Waals surface area contributed by atoms with Gasteiger partial charge in [0.2, 0.25) is 0 Å². The number of urea groups is 1. The van der Waals surface area contributed by atoms with Crippen molar-refractivity contribution in [2.75, 3.05) is 40.2 Å². The normalized spacial score (nSPS) is 24.1. The van der Waals surface area contributed by atoms with Crippen molar-refractivity contribution in [2.45, 2.75) is 49.4 Å². The van der Waals surface area contributed by atoms with Crippen molar-refractivity contribution >= 4 is 11.7 Å². The van der Waals surface area contributed by atoms with Gasteiger partial charge in [-0.2, -0.15) is 13.2 Å². The number of carbonyl (C=O) groups excluding carboxylic acids is 1. The number of hydrogen-bond acceptors (Lipinski definition) is 5. The molecule has 2 aromatic carbocycles. The van der Waals surface area contributed by atoms with E-state index in [0.29, 0.717) is 11.5 Å². The van der Waals surface area contributed by atoms with Crippen LogP contribution in [0, 0.1) is 0 Å². The van der Waals surface area contributed by atoms with Crippen molar-refractivity contribution in [1.29, 1.82) is 0 Å². The summed E-state index contributed by atoms with van der Waals surface area (Å²) >= 11 is 0. The quantitative estimate of drug-likeness (QED) is 0.573. The molecule has 1 saturated carbocycles. The lowest BCUT2D eigenvalue weighted by Crippen LogP contribution is -2.52. The zero-order chi connectivity index (χ0) is 26.1. The highest BCUT2D eigenvalue weighted by atomic mass is 19.4. The largest absolute Gasteiger partial charge is 0.496 e. The second-order valence-electron chi connectivity index (χ2n) is 9.45. The lowest BCUT2D eigenvalue weighted by Gasteiger charge is -2.45. The molecule has 1 aliphatic heterocycles. The Morgan fingerprint density at radius 2 is 1.69 bits per heavy atom. The van der Waals surface area contributed by atoms with Crippen molar-refractivity contribution in [2.24, 2.45) is 0 Å². The zero-order valence-electron chi connectivity index (χ0n) is 20.9. The van der Waals surface area contributed by atoms with Gasteiger partial charge >= 0.3 is 12.2 Å². The van der Waals surface area contributed by atoms with Crippen LogP contribution in [0.5, 0.6) is 17.2 Å². The number of anilines is 1. The van der Waals surface area contributed by atoms with Gasteiger partial charge in [0.25, 0.3) is 0 Å². The van der Waals surface area contributed by atoms with Gasteiger partial charge in [-0.3, -0.25) is 0 Å². The number of halogens is 3. The van der Waals surface area contributed by atoms with E-state index in [1.54, 1.807) is 14.2 Å². The van der Waals surface area contributed by atoms with Crippen LogP contribution < -0.4 is 24.8 Å². The van der Waals surface area contributed by atoms with Crippen LogP contribution in [-0.2, 0) is 11.6 Å². The molecule has 2 fully saturated rings. The number of ether oxygens (including phenoxy) is 3. The monoisotopic (exact) mass is 507 g/mol. The smallest absolute Gasteiger partial charge is 0.420 e. The number of likely N-dealkylation sites (N-methyl/N-ethyl adjacent to an activating group) is 1. The number of amides is 2. The molecule has 7 nitrogen and oxygen atoms in total. The third kappa shape index (κ3) is 4.91. The fraction of sp³-hybridized carbons (Fsp3) is 0.500. The standard InChI is InChI=1S/C26H32F3N3O4/c1-32-12-11-25(16-5-7-21(35-3)22(13-16)36-4)10-9-18(15-23(25)32)31-24(33)30-17-6-8-20(34-2)19(14-17)26(27,28)29/h5-8,13-14,18,23H,9-12,15H2,1-4H3,(H2,30,31,33)/t18-,23+,25+/m1/s1. The fourth-order valence-electron chi connectivity index (χ4n) is 5.75. The number of carbonyl (C=O) groups is 1. The Kier molecular flexibility index (Phi) is 7.26. The molecule has 10 heteroatoms. The minimum absolute atomic E-state index is 0.0501. The molecule has 1 aliphatic carbocycles. The number of rotatable bonds is 6. The van der Waals surface area contributed by atoms with Crippen LogP contribution in [0.1, 0.15) is 36.8 Å². The second-order valence-corrected chi connectivity index (χ2v) is 9.45. The van der Waals surface area contributed by atoms with Gasteiger partial charge in [0, 0.05) is 23.2 Å². The maximum atomic E-state index is 13.3. The van der Waals surface area contributed by atoms with Crippen molar-refractivity contribution in [3.05, 3.63) is 47.5 Å². The Hall–Kier alpha value is -3.14. The van der Waals surface area contributed by atoms with Gasteiger partial charge in [0.15, 0.2) is 11.5 Å². The van der Waals surface area contributed by atoms with E-state index >= 15 is 0 Å². The molecule has 0 radical (unpaired) electrons. The molecule has 0 unspecified atom stereocenters. The van der Waals surface area contributed by atoms with Crippen molar-refractivity contribution in [1.82, 2.24) is 10.2 Å². The maximum absolute atomic E-state index is 13.3. The van der Waals surface area contributed by atoms with Gasteiger partial charge < -0.3 is 29.7 Å². The molecule has 0 aromatic heterocycles. The van der Waals surface area contributed by atoms with Gasteiger partial charge in [0.1, 0.15) is 5.75 Å². The van der Waals surface area contributed by atoms with Gasteiger partial charge in [-0.1, -0.05) is 6.07 Å². The molecule has 1 saturated heterocycles. The predicted molar refractivity (Wildman–Crippen MR) is 130 cm³/mol. The van der Waals surface area contributed by atoms with Gasteiger partial charge in [-0.15, -0.1) is 0 Å². The third-order valence-corrected chi connectivity index (χ3v) is 7.58. The molecule has 4 rings (SSSR count). The molecule has 36 heavy (non-hydrogen) atoms. The average Bonchev–Trinajstić information content (AvgIpc) is 3.19. The predicted octanol–water partition coefficient (Wildman–Crippen LogP) is 5.05. The van der Waals surface area contributed by atoms with Crippen molar-refractivity contribution in [3.63, 3.8) is 0 Å². The number of methoxy groups -OCH3 is 3. The topological polar surface area (TPSA) is 72.1 Å². The van der Waals surface area contributed by atoms with E-state index in [-0.39, 0.29) is 28.9 Å². The van der Waals surface area contributed by atoms with Crippen molar-refractivity contribution < 1.29 is 32.2 Å². The Balaban J connectivity index is 1.47. The van der Waals surface area contributed by atoms with Crippen LogP contribution >= 0.6 is 0 Å². The third-order valence-electron chi connectivity index (χ3n) is 7.58. The molecule has 2 N–H and O–H groups in total. The van der Waals surface area contributed by atoms with Gasteiger partial charge in [-0.05, 0) is 75.2 Å². The molecule has 2 aromatic rings. The van der Waals surface area contributed by atoms with E-state index in [9.17, 15) is 18.0 Å². The molecule has 2 aliphatic rings. The van der Waals surface area contributed by atoms with E-state index in [1.165, 1.54) is 24.8 Å². The Morgan fingerprint density at radius 1 is 1.00 bits per heavy atom. The number of likely N-dealkylation sites (tertiary alicyclic amines) is 1. The Labute approximate surface area is 208 Å². The highest BCUT2D eigenvalue weighted by Gasteiger charge is 2.50. The summed E-state index contributed by atoms with van der Waals surface area (Å²) in [6, 6.07) is 9.11. The SMILES string of the molecule is COc1ccc([C@@]23CC[C@@H](NC(=O)Nc4ccc(OC)c(C(F)(F)F)c4)C[C@@H]2N(C)CC3)cc1OC. The van der Waals surface area contributed by atoms with Crippen LogP contribution in [0.25, 0.3) is 0 Å². The first-order valence-corrected chi connectivity index (χ1v) is 11.9. The summed E-state index contributed by atoms with van der Waals surface area (Å²) in [5.41, 5.74) is 0.234. The summed E-state index contributed by atoms with van der Waals surface area (Å²) < 4.78 is 55.7. The highest BCUT2D eigenvalue weighted by Crippen LogP contribution is 2.50. The first-order chi connectivity index (χ1) is 17.1. The minimum Gasteiger partial charge on any atom is -0.496 e. The molecule has 1 heterocycles. The van der Waals surface area contributed by atoms with E-state index in [2.05, 4.69) is 28.6 Å². The van der Waals surface area contributed by atoms with Crippen LogP contribution in [0.4, 0.5) is 23.7 Å². The van der Waals surface area contributed by atoms with Crippen molar-refractivity contribution in [3.8, 4) is 17.2 Å². The number of benzene rings is 2. The summed E-state index contributed by atoms with van der Waals surface area (Å²) in [5.74, 6) is 1.08. The summed E-state index contributed by atoms with van der Waals surface area (Å²) in [6.45, 7) is 0.935. The van der Waals surface area contributed by atoms with Gasteiger partial charge in [-0.25, -0.2) is 4.79 Å². The molecule has 2 amide bonds. The summed E-state index contributed by atoms with van der Waals surface area (Å²) in [4.78, 5) is 15.0. The number of nitrogens with one attached hydrogen (secondary N) is 2. The number of hydrogen-bond donors (Lipinski definition) is 2. The first kappa shape index (κ1) is 25.9.